The number of benzene rings is 3. The summed E-state index contributed by atoms with van der Waals surface area (Å²) >= 11 is 0. The average molecular weight is 505 g/mol. The van der Waals surface area contributed by atoms with Crippen molar-refractivity contribution < 1.29 is 18.3 Å². The standard InChI is InChI=1S/C32H28N2O4/c1-3-14-29-25(8-1)19-33(21-27-12-6-16-35-27)31(37-29)23-10-5-11-24(18-23)32-34(22-28-13-7-17-36-28)20-26-9-2-4-15-30(26)38-32/h1-18,31-32H,19-22H2. The van der Waals surface area contributed by atoms with Crippen LogP contribution >= 0.6 is 0 Å². The van der Waals surface area contributed by atoms with E-state index in [1.54, 1.807) is 12.5 Å². The van der Waals surface area contributed by atoms with Crippen molar-refractivity contribution in [1.29, 1.82) is 0 Å². The van der Waals surface area contributed by atoms with Gasteiger partial charge in [0.2, 0.25) is 0 Å². The first-order valence-electron chi connectivity index (χ1n) is 12.9. The highest BCUT2D eigenvalue weighted by Gasteiger charge is 2.33. The van der Waals surface area contributed by atoms with Crippen LogP contribution in [0.1, 0.15) is 46.2 Å². The van der Waals surface area contributed by atoms with E-state index in [-0.39, 0.29) is 12.5 Å². The van der Waals surface area contributed by atoms with Gasteiger partial charge in [0.05, 0.1) is 25.6 Å². The molecule has 0 fully saturated rings. The summed E-state index contributed by atoms with van der Waals surface area (Å²) in [4.78, 5) is 4.61. The third-order valence-electron chi connectivity index (χ3n) is 7.19. The molecule has 0 saturated heterocycles. The van der Waals surface area contributed by atoms with Crippen molar-refractivity contribution >= 4 is 0 Å². The Morgan fingerprint density at radius 2 is 1.05 bits per heavy atom. The molecule has 6 heteroatoms. The lowest BCUT2D eigenvalue weighted by molar-refractivity contribution is -0.0175. The lowest BCUT2D eigenvalue weighted by atomic mass is 10.0. The second-order valence-electron chi connectivity index (χ2n) is 9.79. The quantitative estimate of drug-likeness (QED) is 0.247. The summed E-state index contributed by atoms with van der Waals surface area (Å²) in [6.07, 6.45) is 2.92. The van der Waals surface area contributed by atoms with Gasteiger partial charge in [-0.15, -0.1) is 0 Å². The smallest absolute Gasteiger partial charge is 0.179 e. The minimum absolute atomic E-state index is 0.260. The van der Waals surface area contributed by atoms with E-state index in [1.807, 2.05) is 48.5 Å². The van der Waals surface area contributed by atoms with Gasteiger partial charge in [-0.3, -0.25) is 9.80 Å². The van der Waals surface area contributed by atoms with Gasteiger partial charge >= 0.3 is 0 Å². The van der Waals surface area contributed by atoms with Gasteiger partial charge in [-0.2, -0.15) is 0 Å². The molecule has 0 amide bonds. The number of hydrogen-bond acceptors (Lipinski definition) is 6. The molecule has 7 rings (SSSR count). The fourth-order valence-electron chi connectivity index (χ4n) is 5.40. The van der Waals surface area contributed by atoms with E-state index in [9.17, 15) is 0 Å². The number of para-hydroxylation sites is 2. The van der Waals surface area contributed by atoms with Crippen molar-refractivity contribution in [3.8, 4) is 11.5 Å². The number of hydrogen-bond donors (Lipinski definition) is 0. The minimum Gasteiger partial charge on any atom is -0.471 e. The zero-order chi connectivity index (χ0) is 25.3. The molecule has 0 saturated carbocycles. The molecule has 4 heterocycles. The largest absolute Gasteiger partial charge is 0.471 e. The van der Waals surface area contributed by atoms with Crippen LogP contribution in [0.15, 0.2) is 118 Å². The normalized spacial score (nSPS) is 19.3. The third kappa shape index (κ3) is 4.49. The van der Waals surface area contributed by atoms with E-state index in [0.29, 0.717) is 13.1 Å². The molecule has 2 aromatic heterocycles. The third-order valence-corrected chi connectivity index (χ3v) is 7.19. The second kappa shape index (κ2) is 9.89. The Balaban J connectivity index is 1.23. The van der Waals surface area contributed by atoms with Gasteiger partial charge in [0, 0.05) is 35.3 Å². The molecule has 2 aliphatic rings. The molecule has 0 spiro atoms. The van der Waals surface area contributed by atoms with Crippen LogP contribution in [-0.4, -0.2) is 9.80 Å². The van der Waals surface area contributed by atoms with Crippen molar-refractivity contribution in [2.75, 3.05) is 0 Å². The van der Waals surface area contributed by atoms with Crippen LogP contribution in [0, 0.1) is 0 Å². The first kappa shape index (κ1) is 22.9. The van der Waals surface area contributed by atoms with Gasteiger partial charge in [-0.05, 0) is 42.5 Å². The maximum atomic E-state index is 6.60. The van der Waals surface area contributed by atoms with Crippen LogP contribution in [0.2, 0.25) is 0 Å². The molecule has 190 valence electrons. The summed E-state index contributed by atoms with van der Waals surface area (Å²) in [5, 5.41) is 0. The number of rotatable bonds is 6. The molecule has 6 nitrogen and oxygen atoms in total. The van der Waals surface area contributed by atoms with E-state index in [2.05, 4.69) is 58.3 Å². The van der Waals surface area contributed by atoms with E-state index in [4.69, 9.17) is 18.3 Å². The molecule has 3 aromatic carbocycles. The van der Waals surface area contributed by atoms with Crippen LogP contribution in [0.3, 0.4) is 0 Å². The fourth-order valence-corrected chi connectivity index (χ4v) is 5.40. The first-order chi connectivity index (χ1) is 18.8. The van der Waals surface area contributed by atoms with Crippen molar-refractivity contribution in [2.24, 2.45) is 0 Å². The summed E-state index contributed by atoms with van der Waals surface area (Å²) < 4.78 is 24.6. The van der Waals surface area contributed by atoms with Crippen LogP contribution < -0.4 is 9.47 Å². The van der Waals surface area contributed by atoms with Gasteiger partial charge in [-0.25, -0.2) is 0 Å². The number of ether oxygens (including phenoxy) is 2. The predicted octanol–water partition coefficient (Wildman–Crippen LogP) is 7.06. The number of fused-ring (bicyclic) bond motifs is 2. The Morgan fingerprint density at radius 1 is 0.553 bits per heavy atom. The van der Waals surface area contributed by atoms with Gasteiger partial charge in [-0.1, -0.05) is 54.6 Å². The van der Waals surface area contributed by atoms with Gasteiger partial charge in [0.1, 0.15) is 23.0 Å². The Hall–Kier alpha value is -4.26. The van der Waals surface area contributed by atoms with Gasteiger partial charge < -0.3 is 18.3 Å². The molecule has 2 atom stereocenters. The molecular weight excluding hydrogens is 476 g/mol. The van der Waals surface area contributed by atoms with Crippen LogP contribution in [0.4, 0.5) is 0 Å². The number of furan rings is 2. The molecule has 0 radical (unpaired) electrons. The van der Waals surface area contributed by atoms with Crippen LogP contribution in [-0.2, 0) is 26.2 Å². The van der Waals surface area contributed by atoms with E-state index < -0.39 is 0 Å². The topological polar surface area (TPSA) is 51.2 Å². The van der Waals surface area contributed by atoms with Gasteiger partial charge in [0.15, 0.2) is 12.5 Å². The summed E-state index contributed by atoms with van der Waals surface area (Å²) in [6, 6.07) is 32.9. The van der Waals surface area contributed by atoms with Crippen molar-refractivity contribution in [3.05, 3.63) is 143 Å². The van der Waals surface area contributed by atoms with Crippen molar-refractivity contribution in [3.63, 3.8) is 0 Å². The molecule has 0 aliphatic carbocycles. The van der Waals surface area contributed by atoms with Crippen LogP contribution in [0.5, 0.6) is 11.5 Å². The summed E-state index contributed by atoms with van der Waals surface area (Å²) in [7, 11) is 0. The molecule has 2 unspecified atom stereocenters. The zero-order valence-corrected chi connectivity index (χ0v) is 20.9. The number of nitrogens with zero attached hydrogens (tertiary/aromatic N) is 2. The lowest BCUT2D eigenvalue weighted by Gasteiger charge is -2.38. The molecule has 0 bridgehead atoms. The Morgan fingerprint density at radius 3 is 1.53 bits per heavy atom. The molecule has 2 aliphatic heterocycles. The summed E-state index contributed by atoms with van der Waals surface area (Å²) in [5.74, 6) is 3.65. The Kier molecular flexibility index (Phi) is 5.96. The highest BCUT2D eigenvalue weighted by molar-refractivity contribution is 5.39. The predicted molar refractivity (Wildman–Crippen MR) is 142 cm³/mol. The van der Waals surface area contributed by atoms with E-state index in [1.165, 1.54) is 11.1 Å². The molecule has 5 aromatic rings. The second-order valence-corrected chi connectivity index (χ2v) is 9.79. The monoisotopic (exact) mass is 504 g/mol. The maximum Gasteiger partial charge on any atom is 0.179 e. The van der Waals surface area contributed by atoms with Crippen LogP contribution in [0.25, 0.3) is 0 Å². The zero-order valence-electron chi connectivity index (χ0n) is 20.9. The molecule has 38 heavy (non-hydrogen) atoms. The summed E-state index contributed by atoms with van der Waals surface area (Å²) in [5.41, 5.74) is 4.49. The maximum absolute atomic E-state index is 6.60. The Labute approximate surface area is 221 Å². The SMILES string of the molecule is c1cc(C2Oc3ccccc3CN2Cc2ccco2)cc(C2Oc3ccccc3CN2Cc2ccco2)c1. The first-order valence-corrected chi connectivity index (χ1v) is 12.9. The van der Waals surface area contributed by atoms with Gasteiger partial charge in [0.25, 0.3) is 0 Å². The molecule has 0 N–H and O–H groups in total. The van der Waals surface area contributed by atoms with Crippen molar-refractivity contribution in [2.45, 2.75) is 38.6 Å². The average Bonchev–Trinajstić information content (AvgIpc) is 3.67. The fraction of sp³-hybridized carbons (Fsp3) is 0.188. The van der Waals surface area contributed by atoms with Crippen molar-refractivity contribution in [1.82, 2.24) is 9.80 Å². The Bertz CT molecular complexity index is 1400. The summed E-state index contributed by atoms with van der Waals surface area (Å²) in [6.45, 7) is 2.83. The highest BCUT2D eigenvalue weighted by atomic mass is 16.5. The van der Waals surface area contributed by atoms with E-state index >= 15 is 0 Å². The highest BCUT2D eigenvalue weighted by Crippen LogP contribution is 2.39. The van der Waals surface area contributed by atoms with E-state index in [0.717, 1.165) is 47.2 Å². The lowest BCUT2D eigenvalue weighted by Crippen LogP contribution is -2.37. The minimum atomic E-state index is -0.260. The molecular formula is C32H28N2O4.